The molecule has 1 N–H and O–H groups in total. The fourth-order valence-corrected chi connectivity index (χ4v) is 3.53. The Bertz CT molecular complexity index is 515. The molecule has 0 bridgehead atoms. The summed E-state index contributed by atoms with van der Waals surface area (Å²) in [6.07, 6.45) is 1.67. The van der Waals surface area contributed by atoms with E-state index < -0.39 is 12.1 Å². The van der Waals surface area contributed by atoms with Crippen molar-refractivity contribution in [3.8, 4) is 0 Å². The Hall–Kier alpha value is -1.06. The van der Waals surface area contributed by atoms with Gasteiger partial charge in [-0.05, 0) is 36.7 Å². The van der Waals surface area contributed by atoms with Gasteiger partial charge in [-0.2, -0.15) is 0 Å². The highest BCUT2D eigenvalue weighted by atomic mass is 35.5. The van der Waals surface area contributed by atoms with Crippen LogP contribution in [0.4, 0.5) is 0 Å². The maximum atomic E-state index is 12.3. The summed E-state index contributed by atoms with van der Waals surface area (Å²) in [5.41, 5.74) is 0.402. The summed E-state index contributed by atoms with van der Waals surface area (Å²) < 4.78 is 5.66. The molecule has 0 aromatic heterocycles. The fraction of sp³-hybridized carbons (Fsp3) is 0.611. The minimum atomic E-state index is -1.32. The normalized spacial score (nSPS) is 26.7. The van der Waals surface area contributed by atoms with E-state index in [1.165, 1.54) is 6.42 Å². The molecule has 0 saturated heterocycles. The van der Waals surface area contributed by atoms with E-state index in [0.29, 0.717) is 28.3 Å². The van der Waals surface area contributed by atoms with Crippen molar-refractivity contribution in [1.29, 1.82) is 0 Å². The first-order valence-electron chi connectivity index (χ1n) is 8.03. The van der Waals surface area contributed by atoms with Crippen molar-refractivity contribution in [2.24, 2.45) is 17.8 Å². The van der Waals surface area contributed by atoms with Crippen LogP contribution in [0.5, 0.6) is 0 Å². The number of ether oxygens (including phenoxy) is 1. The monoisotopic (exact) mass is 324 g/mol. The first-order valence-corrected chi connectivity index (χ1v) is 8.41. The number of esters is 1. The summed E-state index contributed by atoms with van der Waals surface area (Å²) in [5.74, 6) is 0.768. The molecule has 122 valence electrons. The van der Waals surface area contributed by atoms with Crippen LogP contribution >= 0.6 is 11.6 Å². The van der Waals surface area contributed by atoms with E-state index in [0.717, 1.165) is 12.8 Å². The van der Waals surface area contributed by atoms with Crippen LogP contribution in [0.15, 0.2) is 24.3 Å². The Kier molecular flexibility index (Phi) is 5.87. The largest absolute Gasteiger partial charge is 0.460 e. The molecular formula is C18H25ClO3. The predicted molar refractivity (Wildman–Crippen MR) is 87.6 cm³/mol. The molecule has 0 amide bonds. The molecule has 0 heterocycles. The topological polar surface area (TPSA) is 46.5 Å². The van der Waals surface area contributed by atoms with E-state index in [4.69, 9.17) is 16.3 Å². The molecule has 22 heavy (non-hydrogen) atoms. The van der Waals surface area contributed by atoms with E-state index >= 15 is 0 Å². The molecule has 0 spiro atoms. The van der Waals surface area contributed by atoms with Crippen LogP contribution < -0.4 is 0 Å². The number of hydrogen-bond acceptors (Lipinski definition) is 3. The van der Waals surface area contributed by atoms with Crippen molar-refractivity contribution >= 4 is 17.6 Å². The summed E-state index contributed by atoms with van der Waals surface area (Å²) in [5, 5.41) is 10.6. The Morgan fingerprint density at radius 1 is 1.32 bits per heavy atom. The lowest BCUT2D eigenvalue weighted by atomic mass is 9.75. The van der Waals surface area contributed by atoms with Crippen LogP contribution in [0.25, 0.3) is 0 Å². The van der Waals surface area contributed by atoms with Gasteiger partial charge in [0, 0.05) is 10.6 Å². The summed E-state index contributed by atoms with van der Waals surface area (Å²) >= 11 is 6.04. The van der Waals surface area contributed by atoms with Crippen LogP contribution in [0, 0.1) is 17.8 Å². The third-order valence-electron chi connectivity index (χ3n) is 4.65. The van der Waals surface area contributed by atoms with Crippen molar-refractivity contribution in [1.82, 2.24) is 0 Å². The highest BCUT2D eigenvalue weighted by Gasteiger charge is 2.35. The second kappa shape index (κ2) is 7.47. The van der Waals surface area contributed by atoms with Crippen molar-refractivity contribution < 1.29 is 14.6 Å². The van der Waals surface area contributed by atoms with Crippen LogP contribution in [0.3, 0.4) is 0 Å². The Balaban J connectivity index is 2.07. The summed E-state index contributed by atoms with van der Waals surface area (Å²) in [7, 11) is 0. The summed E-state index contributed by atoms with van der Waals surface area (Å²) in [6.45, 7) is 6.50. The maximum Gasteiger partial charge on any atom is 0.339 e. The van der Waals surface area contributed by atoms with E-state index in [9.17, 15) is 9.90 Å². The second-order valence-corrected chi connectivity index (χ2v) is 7.13. The first-order chi connectivity index (χ1) is 10.4. The number of rotatable bonds is 4. The number of aliphatic hydroxyl groups excluding tert-OH is 1. The van der Waals surface area contributed by atoms with Gasteiger partial charge in [0.2, 0.25) is 0 Å². The molecule has 2 rings (SSSR count). The standard InChI is InChI=1S/C18H25ClO3/c1-11(2)13-9-8-12(3)10-16(13)22-18(21)17(20)14-6-4-5-7-15(14)19/h4-7,11-13,16-17,20H,8-10H2,1-3H3/t12-,13+,16-,17+/m1/s1. The number of aliphatic hydroxyl groups is 1. The fourth-order valence-electron chi connectivity index (χ4n) is 3.29. The van der Waals surface area contributed by atoms with Gasteiger partial charge >= 0.3 is 5.97 Å². The maximum absolute atomic E-state index is 12.3. The molecule has 0 radical (unpaired) electrons. The molecular weight excluding hydrogens is 300 g/mol. The van der Waals surface area contributed by atoms with Crippen LogP contribution in [-0.2, 0) is 9.53 Å². The lowest BCUT2D eigenvalue weighted by Crippen LogP contribution is -2.37. The highest BCUT2D eigenvalue weighted by Crippen LogP contribution is 2.36. The first kappa shape index (κ1) is 17.3. The van der Waals surface area contributed by atoms with Gasteiger partial charge in [0.1, 0.15) is 6.10 Å². The number of carbonyl (C=O) groups excluding carboxylic acids is 1. The third kappa shape index (κ3) is 4.02. The zero-order valence-electron chi connectivity index (χ0n) is 13.5. The smallest absolute Gasteiger partial charge is 0.339 e. The third-order valence-corrected chi connectivity index (χ3v) is 5.00. The Labute approximate surface area is 137 Å². The van der Waals surface area contributed by atoms with E-state index in [1.54, 1.807) is 24.3 Å². The molecule has 1 aliphatic rings. The van der Waals surface area contributed by atoms with Gasteiger partial charge in [0.05, 0.1) is 0 Å². The molecule has 1 aromatic rings. The molecule has 1 aliphatic carbocycles. The number of benzene rings is 1. The Morgan fingerprint density at radius 3 is 2.64 bits per heavy atom. The van der Waals surface area contributed by atoms with E-state index in [1.807, 2.05) is 0 Å². The average molecular weight is 325 g/mol. The zero-order valence-corrected chi connectivity index (χ0v) is 14.2. The van der Waals surface area contributed by atoms with E-state index in [2.05, 4.69) is 20.8 Å². The van der Waals surface area contributed by atoms with Crippen LogP contribution in [0.1, 0.15) is 51.7 Å². The molecule has 1 aromatic carbocycles. The van der Waals surface area contributed by atoms with Crippen molar-refractivity contribution in [3.05, 3.63) is 34.9 Å². The van der Waals surface area contributed by atoms with Crippen molar-refractivity contribution in [2.75, 3.05) is 0 Å². The second-order valence-electron chi connectivity index (χ2n) is 6.73. The average Bonchev–Trinajstić information content (AvgIpc) is 2.46. The molecule has 4 atom stereocenters. The molecule has 3 nitrogen and oxygen atoms in total. The minimum Gasteiger partial charge on any atom is -0.460 e. The van der Waals surface area contributed by atoms with Crippen LogP contribution in [-0.4, -0.2) is 17.2 Å². The van der Waals surface area contributed by atoms with Gasteiger partial charge in [-0.1, -0.05) is 57.0 Å². The highest BCUT2D eigenvalue weighted by molar-refractivity contribution is 6.31. The van der Waals surface area contributed by atoms with Gasteiger partial charge in [0.15, 0.2) is 6.10 Å². The molecule has 0 unspecified atom stereocenters. The molecule has 4 heteroatoms. The minimum absolute atomic E-state index is 0.117. The summed E-state index contributed by atoms with van der Waals surface area (Å²) in [4.78, 5) is 12.3. The number of carbonyl (C=O) groups is 1. The van der Waals surface area contributed by atoms with Crippen molar-refractivity contribution in [2.45, 2.75) is 52.2 Å². The van der Waals surface area contributed by atoms with Gasteiger partial charge in [-0.25, -0.2) is 4.79 Å². The summed E-state index contributed by atoms with van der Waals surface area (Å²) in [6, 6.07) is 6.82. The lowest BCUT2D eigenvalue weighted by molar-refractivity contribution is -0.166. The molecule has 0 aliphatic heterocycles. The van der Waals surface area contributed by atoms with Gasteiger partial charge in [-0.3, -0.25) is 0 Å². The number of hydrogen-bond donors (Lipinski definition) is 1. The lowest BCUT2D eigenvalue weighted by Gasteiger charge is -2.37. The quantitative estimate of drug-likeness (QED) is 0.836. The Morgan fingerprint density at radius 2 is 2.00 bits per heavy atom. The van der Waals surface area contributed by atoms with Gasteiger partial charge < -0.3 is 9.84 Å². The van der Waals surface area contributed by atoms with Crippen molar-refractivity contribution in [3.63, 3.8) is 0 Å². The van der Waals surface area contributed by atoms with Gasteiger partial charge in [0.25, 0.3) is 0 Å². The molecule has 1 fully saturated rings. The van der Waals surface area contributed by atoms with Crippen LogP contribution in [0.2, 0.25) is 5.02 Å². The van der Waals surface area contributed by atoms with E-state index in [-0.39, 0.29) is 6.10 Å². The molecule has 1 saturated carbocycles. The van der Waals surface area contributed by atoms with Gasteiger partial charge in [-0.15, -0.1) is 0 Å². The number of halogens is 1. The SMILES string of the molecule is CC(C)[C@@H]1CC[C@@H](C)C[C@H]1OC(=O)[C@@H](O)c1ccccc1Cl. The zero-order chi connectivity index (χ0) is 16.3. The predicted octanol–water partition coefficient (Wildman–Crippen LogP) is 4.38.